The van der Waals surface area contributed by atoms with Crippen molar-refractivity contribution in [2.75, 3.05) is 31.1 Å². The number of aromatic nitrogens is 2. The molecule has 0 aliphatic carbocycles. The average molecular weight is 252 g/mol. The molecule has 7 heteroatoms. The van der Waals surface area contributed by atoms with Gasteiger partial charge in [0.15, 0.2) is 0 Å². The lowest BCUT2D eigenvalue weighted by molar-refractivity contribution is -0.138. The van der Waals surface area contributed by atoms with Gasteiger partial charge in [-0.3, -0.25) is 0 Å². The van der Waals surface area contributed by atoms with Crippen LogP contribution in [0.5, 0.6) is 5.88 Å². The predicted octanol–water partition coefficient (Wildman–Crippen LogP) is -0.262. The van der Waals surface area contributed by atoms with Crippen molar-refractivity contribution in [2.45, 2.75) is 13.0 Å². The summed E-state index contributed by atoms with van der Waals surface area (Å²) in [5.41, 5.74) is 0. The average Bonchev–Trinajstić information content (AvgIpc) is 2.39. The fourth-order valence-corrected chi connectivity index (χ4v) is 1.86. The number of piperazine rings is 1. The number of carbonyl (C=O) groups is 1. The van der Waals surface area contributed by atoms with Crippen LogP contribution in [0.25, 0.3) is 0 Å². The van der Waals surface area contributed by atoms with Crippen LogP contribution in [0.15, 0.2) is 12.3 Å². The van der Waals surface area contributed by atoms with Gasteiger partial charge in [0.2, 0.25) is 11.8 Å². The molecule has 2 N–H and O–H groups in total. The Morgan fingerprint density at radius 2 is 2.56 bits per heavy atom. The van der Waals surface area contributed by atoms with Crippen molar-refractivity contribution in [2.24, 2.45) is 0 Å². The normalized spacial score (nSPS) is 19.6. The third-order valence-corrected chi connectivity index (χ3v) is 2.69. The van der Waals surface area contributed by atoms with Crippen LogP contribution in [0.2, 0.25) is 0 Å². The Labute approximate surface area is 105 Å². The van der Waals surface area contributed by atoms with Crippen LogP contribution in [0.4, 0.5) is 5.95 Å². The summed E-state index contributed by atoms with van der Waals surface area (Å²) in [7, 11) is 0. The Bertz CT molecular complexity index is 427. The van der Waals surface area contributed by atoms with Crippen LogP contribution in [-0.2, 0) is 4.79 Å². The monoisotopic (exact) mass is 252 g/mol. The summed E-state index contributed by atoms with van der Waals surface area (Å²) >= 11 is 0. The van der Waals surface area contributed by atoms with Gasteiger partial charge in [-0.05, 0) is 6.92 Å². The van der Waals surface area contributed by atoms with Crippen molar-refractivity contribution in [3.05, 3.63) is 12.3 Å². The van der Waals surface area contributed by atoms with E-state index in [4.69, 9.17) is 4.74 Å². The SMILES string of the molecule is CCOc1ccnc(N2CCNCC2C(=O)O)n1. The molecular formula is C11H16N4O3. The van der Waals surface area contributed by atoms with Crippen molar-refractivity contribution in [1.29, 1.82) is 0 Å². The zero-order chi connectivity index (χ0) is 13.0. The summed E-state index contributed by atoms with van der Waals surface area (Å²) in [6, 6.07) is 1.01. The van der Waals surface area contributed by atoms with Gasteiger partial charge in [-0.25, -0.2) is 9.78 Å². The lowest BCUT2D eigenvalue weighted by atomic mass is 10.2. The molecule has 1 atom stereocenters. The number of hydrogen-bond donors (Lipinski definition) is 2. The molecule has 18 heavy (non-hydrogen) atoms. The maximum Gasteiger partial charge on any atom is 0.327 e. The van der Waals surface area contributed by atoms with E-state index >= 15 is 0 Å². The molecule has 1 saturated heterocycles. The first-order valence-corrected chi connectivity index (χ1v) is 5.88. The summed E-state index contributed by atoms with van der Waals surface area (Å²) in [6.07, 6.45) is 1.58. The number of rotatable bonds is 4. The number of aliphatic carboxylic acids is 1. The lowest BCUT2D eigenvalue weighted by Crippen LogP contribution is -2.55. The lowest BCUT2D eigenvalue weighted by Gasteiger charge is -2.33. The molecule has 0 spiro atoms. The van der Waals surface area contributed by atoms with E-state index in [0.717, 1.165) is 0 Å². The Kier molecular flexibility index (Phi) is 3.93. The molecule has 1 aromatic heterocycles. The first-order valence-electron chi connectivity index (χ1n) is 5.88. The van der Waals surface area contributed by atoms with E-state index in [-0.39, 0.29) is 0 Å². The first kappa shape index (κ1) is 12.6. The van der Waals surface area contributed by atoms with Gasteiger partial charge in [0.05, 0.1) is 6.61 Å². The minimum absolute atomic E-state index is 0.386. The highest BCUT2D eigenvalue weighted by atomic mass is 16.5. The molecule has 0 radical (unpaired) electrons. The van der Waals surface area contributed by atoms with Gasteiger partial charge in [-0.1, -0.05) is 0 Å². The topological polar surface area (TPSA) is 87.6 Å². The third-order valence-electron chi connectivity index (χ3n) is 2.69. The number of anilines is 1. The van der Waals surface area contributed by atoms with Crippen molar-refractivity contribution in [3.63, 3.8) is 0 Å². The van der Waals surface area contributed by atoms with Gasteiger partial charge in [0.1, 0.15) is 6.04 Å². The van der Waals surface area contributed by atoms with Crippen molar-refractivity contribution < 1.29 is 14.6 Å². The predicted molar refractivity (Wildman–Crippen MR) is 64.8 cm³/mol. The molecule has 1 aliphatic heterocycles. The number of ether oxygens (including phenoxy) is 1. The van der Waals surface area contributed by atoms with E-state index < -0.39 is 12.0 Å². The summed E-state index contributed by atoms with van der Waals surface area (Å²) in [4.78, 5) is 21.2. The van der Waals surface area contributed by atoms with Crippen molar-refractivity contribution in [1.82, 2.24) is 15.3 Å². The van der Waals surface area contributed by atoms with Crippen LogP contribution in [0.3, 0.4) is 0 Å². The highest BCUT2D eigenvalue weighted by molar-refractivity contribution is 5.78. The standard InChI is InChI=1S/C11H16N4O3/c1-2-18-9-3-4-13-11(14-9)15-6-5-12-7-8(15)10(16)17/h3-4,8,12H,2,5-7H2,1H3,(H,16,17). The largest absolute Gasteiger partial charge is 0.480 e. The fraction of sp³-hybridized carbons (Fsp3) is 0.545. The molecule has 98 valence electrons. The second kappa shape index (κ2) is 5.63. The van der Waals surface area contributed by atoms with Gasteiger partial charge in [0.25, 0.3) is 0 Å². The molecule has 1 aliphatic rings. The van der Waals surface area contributed by atoms with Gasteiger partial charge < -0.3 is 20.1 Å². The molecule has 0 amide bonds. The van der Waals surface area contributed by atoms with Crippen molar-refractivity contribution in [3.8, 4) is 5.88 Å². The molecule has 0 bridgehead atoms. The number of nitrogens with zero attached hydrogens (tertiary/aromatic N) is 3. The molecule has 0 aromatic carbocycles. The van der Waals surface area contributed by atoms with Gasteiger partial charge in [-0.15, -0.1) is 0 Å². The summed E-state index contributed by atoms with van der Waals surface area (Å²) < 4.78 is 5.29. The Morgan fingerprint density at radius 1 is 1.72 bits per heavy atom. The number of hydrogen-bond acceptors (Lipinski definition) is 6. The second-order valence-electron chi connectivity index (χ2n) is 3.88. The van der Waals surface area contributed by atoms with E-state index in [2.05, 4.69) is 15.3 Å². The Morgan fingerprint density at radius 3 is 3.28 bits per heavy atom. The summed E-state index contributed by atoms with van der Waals surface area (Å²) in [5.74, 6) is -0.0207. The van der Waals surface area contributed by atoms with E-state index in [1.54, 1.807) is 17.2 Å². The zero-order valence-electron chi connectivity index (χ0n) is 10.2. The van der Waals surface area contributed by atoms with E-state index in [1.807, 2.05) is 6.92 Å². The summed E-state index contributed by atoms with van der Waals surface area (Å²) in [6.45, 7) is 4.04. The van der Waals surface area contributed by atoms with Crippen LogP contribution in [0.1, 0.15) is 6.92 Å². The molecule has 2 heterocycles. The summed E-state index contributed by atoms with van der Waals surface area (Å²) in [5, 5.41) is 12.2. The quantitative estimate of drug-likeness (QED) is 0.763. The van der Waals surface area contributed by atoms with E-state index in [1.165, 1.54) is 0 Å². The van der Waals surface area contributed by atoms with Crippen LogP contribution in [-0.4, -0.2) is 53.3 Å². The van der Waals surface area contributed by atoms with Gasteiger partial charge >= 0.3 is 5.97 Å². The fourth-order valence-electron chi connectivity index (χ4n) is 1.86. The van der Waals surface area contributed by atoms with E-state index in [9.17, 15) is 9.90 Å². The van der Waals surface area contributed by atoms with Crippen LogP contribution in [0, 0.1) is 0 Å². The van der Waals surface area contributed by atoms with E-state index in [0.29, 0.717) is 38.1 Å². The minimum atomic E-state index is -0.882. The molecular weight excluding hydrogens is 236 g/mol. The van der Waals surface area contributed by atoms with Crippen molar-refractivity contribution >= 4 is 11.9 Å². The maximum absolute atomic E-state index is 11.2. The highest BCUT2D eigenvalue weighted by Gasteiger charge is 2.30. The smallest absolute Gasteiger partial charge is 0.327 e. The molecule has 1 unspecified atom stereocenters. The second-order valence-corrected chi connectivity index (χ2v) is 3.88. The molecule has 0 saturated carbocycles. The molecule has 1 aromatic rings. The van der Waals surface area contributed by atoms with Gasteiger partial charge in [-0.2, -0.15) is 4.98 Å². The first-order chi connectivity index (χ1) is 8.72. The molecule has 1 fully saturated rings. The minimum Gasteiger partial charge on any atom is -0.480 e. The molecule has 7 nitrogen and oxygen atoms in total. The zero-order valence-corrected chi connectivity index (χ0v) is 10.2. The molecule has 2 rings (SSSR count). The van der Waals surface area contributed by atoms with Crippen LogP contribution < -0.4 is 15.0 Å². The third kappa shape index (κ3) is 2.67. The number of nitrogens with one attached hydrogen (secondary N) is 1. The highest BCUT2D eigenvalue weighted by Crippen LogP contribution is 2.16. The Balaban J connectivity index is 2.22. The van der Waals surface area contributed by atoms with Gasteiger partial charge in [0, 0.05) is 31.9 Å². The van der Waals surface area contributed by atoms with Crippen LogP contribution >= 0.6 is 0 Å². The maximum atomic E-state index is 11.2. The Hall–Kier alpha value is -1.89. The number of carboxylic acids is 1. The number of carboxylic acid groups (broad SMARTS) is 1.